The average molecular weight is 547 g/mol. The van der Waals surface area contributed by atoms with E-state index in [1.54, 1.807) is 18.2 Å². The van der Waals surface area contributed by atoms with Gasteiger partial charge in [-0.25, -0.2) is 0 Å². The van der Waals surface area contributed by atoms with Crippen molar-refractivity contribution in [3.8, 4) is 11.5 Å². The Morgan fingerprint density at radius 3 is 2.00 bits per heavy atom. The monoisotopic (exact) mass is 546 g/mol. The van der Waals surface area contributed by atoms with Gasteiger partial charge >= 0.3 is 5.97 Å². The molecule has 0 saturated carbocycles. The molecule has 0 aliphatic carbocycles. The molecule has 2 amide bonds. The molecule has 0 bridgehead atoms. The van der Waals surface area contributed by atoms with E-state index in [1.807, 2.05) is 0 Å². The fraction of sp³-hybridized carbons (Fsp3) is 0.690. The summed E-state index contributed by atoms with van der Waals surface area (Å²) in [5, 5.41) is 21.8. The smallest absolute Gasteiger partial charge is 0.305 e. The average Bonchev–Trinajstić information content (AvgIpc) is 2.96. The number of rotatable bonds is 15. The summed E-state index contributed by atoms with van der Waals surface area (Å²) in [7, 11) is 3.01. The molecule has 0 radical (unpaired) electrons. The molecule has 1 aromatic carbocycles. The SMILES string of the molecule is COc1ccc(C(CC(=O)O)NC(=O)CNC(=O)C(CCC2CCNCC2)CCC2CCNCC2)cc1OC. The Kier molecular flexibility index (Phi) is 12.8. The first-order chi connectivity index (χ1) is 18.9. The zero-order valence-corrected chi connectivity index (χ0v) is 23.4. The molecular weight excluding hydrogens is 500 g/mol. The van der Waals surface area contributed by atoms with E-state index in [-0.39, 0.29) is 24.8 Å². The first-order valence-electron chi connectivity index (χ1n) is 14.3. The molecule has 2 fully saturated rings. The Morgan fingerprint density at radius 1 is 0.923 bits per heavy atom. The van der Waals surface area contributed by atoms with Crippen LogP contribution in [0.15, 0.2) is 18.2 Å². The van der Waals surface area contributed by atoms with Crippen LogP contribution in [0.4, 0.5) is 0 Å². The highest BCUT2D eigenvalue weighted by Crippen LogP contribution is 2.31. The summed E-state index contributed by atoms with van der Waals surface area (Å²) >= 11 is 0. The Hall–Kier alpha value is -2.85. The molecule has 2 heterocycles. The van der Waals surface area contributed by atoms with Crippen molar-refractivity contribution >= 4 is 17.8 Å². The Morgan fingerprint density at radius 2 is 1.49 bits per heavy atom. The number of carbonyl (C=O) groups excluding carboxylic acids is 2. The van der Waals surface area contributed by atoms with Gasteiger partial charge in [0.05, 0.1) is 33.2 Å². The number of carboxylic acid groups (broad SMARTS) is 1. The minimum absolute atomic E-state index is 0.0890. The maximum Gasteiger partial charge on any atom is 0.305 e. The van der Waals surface area contributed by atoms with Gasteiger partial charge in [0.2, 0.25) is 11.8 Å². The number of nitrogens with one attached hydrogen (secondary N) is 4. The largest absolute Gasteiger partial charge is 0.493 e. The number of methoxy groups -OCH3 is 2. The zero-order valence-electron chi connectivity index (χ0n) is 23.4. The number of benzene rings is 1. The highest BCUT2D eigenvalue weighted by molar-refractivity contribution is 5.86. The molecule has 218 valence electrons. The van der Waals surface area contributed by atoms with Crippen molar-refractivity contribution in [3.05, 3.63) is 23.8 Å². The van der Waals surface area contributed by atoms with Crippen LogP contribution in [0.3, 0.4) is 0 Å². The molecule has 39 heavy (non-hydrogen) atoms. The lowest BCUT2D eigenvalue weighted by Gasteiger charge is -2.27. The van der Waals surface area contributed by atoms with Crippen LogP contribution in [-0.4, -0.2) is 69.8 Å². The van der Waals surface area contributed by atoms with Crippen LogP contribution in [0.2, 0.25) is 0 Å². The molecule has 2 aliphatic heterocycles. The topological polar surface area (TPSA) is 138 Å². The molecular formula is C29H46N4O6. The van der Waals surface area contributed by atoms with Crippen molar-refractivity contribution in [2.45, 2.75) is 63.8 Å². The molecule has 2 aliphatic rings. The van der Waals surface area contributed by atoms with Gasteiger partial charge in [0.1, 0.15) is 0 Å². The minimum Gasteiger partial charge on any atom is -0.493 e. The predicted octanol–water partition coefficient (Wildman–Crippen LogP) is 2.63. The maximum absolute atomic E-state index is 13.2. The molecule has 5 N–H and O–H groups in total. The third-order valence-corrected chi connectivity index (χ3v) is 8.08. The van der Waals surface area contributed by atoms with Gasteiger partial charge < -0.3 is 35.8 Å². The zero-order chi connectivity index (χ0) is 28.0. The maximum atomic E-state index is 13.2. The van der Waals surface area contributed by atoms with Gasteiger partial charge in [-0.1, -0.05) is 6.07 Å². The van der Waals surface area contributed by atoms with Gasteiger partial charge in [-0.15, -0.1) is 0 Å². The van der Waals surface area contributed by atoms with Crippen LogP contribution in [-0.2, 0) is 14.4 Å². The molecule has 3 rings (SSSR count). The number of hydrogen-bond donors (Lipinski definition) is 5. The molecule has 1 aromatic rings. The quantitative estimate of drug-likeness (QED) is 0.226. The van der Waals surface area contributed by atoms with Gasteiger partial charge in [-0.2, -0.15) is 0 Å². The van der Waals surface area contributed by atoms with Crippen molar-refractivity contribution in [2.75, 3.05) is 46.9 Å². The second-order valence-corrected chi connectivity index (χ2v) is 10.8. The van der Waals surface area contributed by atoms with E-state index < -0.39 is 17.9 Å². The molecule has 10 nitrogen and oxygen atoms in total. The lowest BCUT2D eigenvalue weighted by atomic mass is 9.84. The second kappa shape index (κ2) is 16.3. The highest BCUT2D eigenvalue weighted by atomic mass is 16.5. The van der Waals surface area contributed by atoms with Gasteiger partial charge in [0.15, 0.2) is 11.5 Å². The molecule has 1 unspecified atom stereocenters. The summed E-state index contributed by atoms with van der Waals surface area (Å²) in [6.07, 6.45) is 7.99. The van der Waals surface area contributed by atoms with Crippen LogP contribution in [0.5, 0.6) is 11.5 Å². The van der Waals surface area contributed by atoms with Crippen LogP contribution in [0.1, 0.15) is 69.4 Å². The van der Waals surface area contributed by atoms with Crippen LogP contribution < -0.4 is 30.7 Å². The fourth-order valence-electron chi connectivity index (χ4n) is 5.67. The lowest BCUT2D eigenvalue weighted by molar-refractivity contribution is -0.138. The molecule has 0 aromatic heterocycles. The number of carboxylic acids is 1. The van der Waals surface area contributed by atoms with E-state index in [4.69, 9.17) is 9.47 Å². The standard InChI is InChI=1S/C29H46N4O6/c1-38-25-8-7-23(17-26(25)39-2)24(18-28(35)36)33-27(34)19-32-29(37)22(5-3-20-9-13-30-14-10-20)6-4-21-11-15-31-16-12-21/h7-8,17,20-22,24,30-31H,3-6,9-16,18-19H2,1-2H3,(H,32,37)(H,33,34)(H,35,36). The third kappa shape index (κ3) is 10.3. The van der Waals surface area contributed by atoms with Crippen molar-refractivity contribution in [2.24, 2.45) is 17.8 Å². The lowest BCUT2D eigenvalue weighted by Crippen LogP contribution is -2.41. The molecule has 1 atom stereocenters. The Bertz CT molecular complexity index is 908. The van der Waals surface area contributed by atoms with Gasteiger partial charge in [0, 0.05) is 5.92 Å². The van der Waals surface area contributed by atoms with Crippen molar-refractivity contribution < 1.29 is 29.0 Å². The number of aliphatic carboxylic acids is 1. The fourth-order valence-corrected chi connectivity index (χ4v) is 5.67. The van der Waals surface area contributed by atoms with Crippen molar-refractivity contribution in [1.29, 1.82) is 0 Å². The van der Waals surface area contributed by atoms with Crippen molar-refractivity contribution in [3.63, 3.8) is 0 Å². The number of amides is 2. The van der Waals surface area contributed by atoms with Crippen molar-refractivity contribution in [1.82, 2.24) is 21.3 Å². The summed E-state index contributed by atoms with van der Waals surface area (Å²) in [5.41, 5.74) is 0.580. The van der Waals surface area contributed by atoms with E-state index in [0.29, 0.717) is 28.9 Å². The number of piperidine rings is 2. The summed E-state index contributed by atoms with van der Waals surface area (Å²) < 4.78 is 10.6. The van der Waals surface area contributed by atoms with Gasteiger partial charge in [-0.3, -0.25) is 14.4 Å². The predicted molar refractivity (Wildman–Crippen MR) is 149 cm³/mol. The minimum atomic E-state index is -1.05. The van der Waals surface area contributed by atoms with E-state index in [1.165, 1.54) is 14.2 Å². The summed E-state index contributed by atoms with van der Waals surface area (Å²) in [6, 6.07) is 4.25. The second-order valence-electron chi connectivity index (χ2n) is 10.8. The summed E-state index contributed by atoms with van der Waals surface area (Å²) in [5.74, 6) is 0.545. The summed E-state index contributed by atoms with van der Waals surface area (Å²) in [4.78, 5) is 37.6. The summed E-state index contributed by atoms with van der Waals surface area (Å²) in [6.45, 7) is 3.95. The van der Waals surface area contributed by atoms with Crippen LogP contribution in [0.25, 0.3) is 0 Å². The van der Waals surface area contributed by atoms with E-state index in [2.05, 4.69) is 21.3 Å². The molecule has 10 heteroatoms. The van der Waals surface area contributed by atoms with Crippen LogP contribution >= 0.6 is 0 Å². The van der Waals surface area contributed by atoms with Crippen LogP contribution in [0, 0.1) is 17.8 Å². The van der Waals surface area contributed by atoms with E-state index >= 15 is 0 Å². The molecule has 2 saturated heterocycles. The highest BCUT2D eigenvalue weighted by Gasteiger charge is 2.25. The van der Waals surface area contributed by atoms with E-state index in [9.17, 15) is 19.5 Å². The first kappa shape index (κ1) is 30.7. The Labute approximate surface area is 232 Å². The van der Waals surface area contributed by atoms with Gasteiger partial charge in [0.25, 0.3) is 0 Å². The van der Waals surface area contributed by atoms with E-state index in [0.717, 1.165) is 77.5 Å². The molecule has 0 spiro atoms. The Balaban J connectivity index is 1.57. The number of ether oxygens (including phenoxy) is 2. The third-order valence-electron chi connectivity index (χ3n) is 8.08. The normalized spacial score (nSPS) is 17.4. The number of hydrogen-bond acceptors (Lipinski definition) is 7. The van der Waals surface area contributed by atoms with Gasteiger partial charge in [-0.05, 0) is 107 Å². The number of carbonyl (C=O) groups is 3. The first-order valence-corrected chi connectivity index (χ1v) is 14.3.